The van der Waals surface area contributed by atoms with Gasteiger partial charge in [0.05, 0.1) is 5.56 Å². The molecular formula is C15H8ClFOS. The Kier molecular flexibility index (Phi) is 3.09. The minimum Gasteiger partial charge on any atom is -0.288 e. The first-order valence-electron chi connectivity index (χ1n) is 5.63. The average molecular weight is 291 g/mol. The van der Waals surface area contributed by atoms with Gasteiger partial charge >= 0.3 is 0 Å². The maximum Gasteiger partial charge on any atom is 0.197 e. The minimum atomic E-state index is -0.553. The topological polar surface area (TPSA) is 17.1 Å². The molecule has 1 aromatic heterocycles. The zero-order chi connectivity index (χ0) is 13.4. The van der Waals surface area contributed by atoms with Gasteiger partial charge in [-0.05, 0) is 41.1 Å². The van der Waals surface area contributed by atoms with Gasteiger partial charge in [0.15, 0.2) is 5.78 Å². The Hall–Kier alpha value is -1.71. The highest BCUT2D eigenvalue weighted by molar-refractivity contribution is 7.17. The first kappa shape index (κ1) is 12.3. The van der Waals surface area contributed by atoms with Gasteiger partial charge in [-0.15, -0.1) is 11.3 Å². The van der Waals surface area contributed by atoms with E-state index in [2.05, 4.69) is 0 Å². The number of hydrogen-bond donors (Lipinski definition) is 0. The maximum absolute atomic E-state index is 13.8. The molecule has 0 N–H and O–H groups in total. The van der Waals surface area contributed by atoms with Crippen molar-refractivity contribution in [3.8, 4) is 0 Å². The Morgan fingerprint density at radius 1 is 1.11 bits per heavy atom. The Bertz CT molecular complexity index is 779. The van der Waals surface area contributed by atoms with Crippen LogP contribution in [0.1, 0.15) is 15.9 Å². The van der Waals surface area contributed by atoms with Gasteiger partial charge in [-0.2, -0.15) is 0 Å². The molecule has 94 valence electrons. The van der Waals surface area contributed by atoms with E-state index in [0.717, 1.165) is 10.1 Å². The van der Waals surface area contributed by atoms with Crippen molar-refractivity contribution in [3.63, 3.8) is 0 Å². The van der Waals surface area contributed by atoms with Crippen LogP contribution < -0.4 is 0 Å². The first-order chi connectivity index (χ1) is 9.16. The summed E-state index contributed by atoms with van der Waals surface area (Å²) in [6.07, 6.45) is 0. The quantitative estimate of drug-likeness (QED) is 0.612. The van der Waals surface area contributed by atoms with Crippen molar-refractivity contribution in [2.45, 2.75) is 0 Å². The summed E-state index contributed by atoms with van der Waals surface area (Å²) in [4.78, 5) is 12.4. The van der Waals surface area contributed by atoms with Crippen molar-refractivity contribution in [1.29, 1.82) is 0 Å². The summed E-state index contributed by atoms with van der Waals surface area (Å²) >= 11 is 7.30. The van der Waals surface area contributed by atoms with E-state index in [1.54, 1.807) is 12.1 Å². The van der Waals surface area contributed by atoms with E-state index in [0.29, 0.717) is 10.6 Å². The molecule has 19 heavy (non-hydrogen) atoms. The molecular weight excluding hydrogens is 283 g/mol. The van der Waals surface area contributed by atoms with E-state index < -0.39 is 5.82 Å². The smallest absolute Gasteiger partial charge is 0.197 e. The third-order valence-corrected chi connectivity index (χ3v) is 4.10. The fraction of sp³-hybridized carbons (Fsp3) is 0. The molecule has 4 heteroatoms. The minimum absolute atomic E-state index is 0.00778. The van der Waals surface area contributed by atoms with E-state index in [9.17, 15) is 9.18 Å². The fourth-order valence-electron chi connectivity index (χ4n) is 1.99. The summed E-state index contributed by atoms with van der Waals surface area (Å²) in [7, 11) is 0. The summed E-state index contributed by atoms with van der Waals surface area (Å²) in [6, 6.07) is 11.4. The molecule has 1 nitrogen and oxygen atoms in total. The van der Waals surface area contributed by atoms with Gasteiger partial charge in [-0.25, -0.2) is 4.39 Å². The molecule has 0 aliphatic carbocycles. The van der Waals surface area contributed by atoms with Gasteiger partial charge < -0.3 is 0 Å². The number of rotatable bonds is 2. The van der Waals surface area contributed by atoms with Crippen molar-refractivity contribution in [2.75, 3.05) is 0 Å². The number of ketones is 1. The predicted molar refractivity (Wildman–Crippen MR) is 76.7 cm³/mol. The maximum atomic E-state index is 13.8. The Morgan fingerprint density at radius 2 is 1.95 bits per heavy atom. The number of halogens is 2. The van der Waals surface area contributed by atoms with Gasteiger partial charge in [-0.1, -0.05) is 23.7 Å². The molecule has 0 amide bonds. The fourth-order valence-corrected chi connectivity index (χ4v) is 3.07. The molecule has 1 heterocycles. The van der Waals surface area contributed by atoms with Crippen LogP contribution in [0.15, 0.2) is 47.8 Å². The molecule has 0 radical (unpaired) electrons. The highest BCUT2D eigenvalue weighted by Crippen LogP contribution is 2.27. The van der Waals surface area contributed by atoms with Crippen LogP contribution in [0.2, 0.25) is 5.02 Å². The molecule has 0 bridgehead atoms. The third-order valence-electron chi connectivity index (χ3n) is 2.90. The lowest BCUT2D eigenvalue weighted by molar-refractivity contribution is 0.103. The van der Waals surface area contributed by atoms with Crippen LogP contribution in [-0.2, 0) is 0 Å². The molecule has 0 aliphatic heterocycles. The average Bonchev–Trinajstić information content (AvgIpc) is 2.89. The van der Waals surface area contributed by atoms with Crippen molar-refractivity contribution >= 4 is 38.8 Å². The van der Waals surface area contributed by atoms with Gasteiger partial charge in [0.2, 0.25) is 0 Å². The predicted octanol–water partition coefficient (Wildman–Crippen LogP) is 4.92. The van der Waals surface area contributed by atoms with Crippen molar-refractivity contribution in [2.24, 2.45) is 0 Å². The summed E-state index contributed by atoms with van der Waals surface area (Å²) in [5.74, 6) is -0.893. The van der Waals surface area contributed by atoms with Crippen molar-refractivity contribution in [3.05, 3.63) is 69.8 Å². The Morgan fingerprint density at radius 3 is 2.79 bits per heavy atom. The molecule has 0 spiro atoms. The second-order valence-corrected chi connectivity index (χ2v) is 5.45. The zero-order valence-electron chi connectivity index (χ0n) is 9.69. The number of carbonyl (C=O) groups is 1. The lowest BCUT2D eigenvalue weighted by Gasteiger charge is -2.04. The number of benzene rings is 2. The van der Waals surface area contributed by atoms with Crippen LogP contribution in [0.3, 0.4) is 0 Å². The summed E-state index contributed by atoms with van der Waals surface area (Å²) < 4.78 is 14.6. The highest BCUT2D eigenvalue weighted by atomic mass is 35.5. The van der Waals surface area contributed by atoms with Crippen LogP contribution in [0.4, 0.5) is 4.39 Å². The Balaban J connectivity index is 2.19. The van der Waals surface area contributed by atoms with Gasteiger partial charge in [0.1, 0.15) is 5.82 Å². The normalized spacial score (nSPS) is 10.8. The molecule has 0 aliphatic rings. The molecule has 0 atom stereocenters. The van der Waals surface area contributed by atoms with Gasteiger partial charge in [0.25, 0.3) is 0 Å². The molecule has 0 fully saturated rings. The second kappa shape index (κ2) is 4.76. The van der Waals surface area contributed by atoms with Gasteiger partial charge in [-0.3, -0.25) is 4.79 Å². The van der Waals surface area contributed by atoms with Gasteiger partial charge in [0, 0.05) is 15.3 Å². The Labute approximate surface area is 118 Å². The van der Waals surface area contributed by atoms with Crippen LogP contribution in [0.25, 0.3) is 10.1 Å². The summed E-state index contributed by atoms with van der Waals surface area (Å²) in [6.45, 7) is 0. The lowest BCUT2D eigenvalue weighted by atomic mass is 10.0. The number of thiophene rings is 1. The third kappa shape index (κ3) is 2.15. The highest BCUT2D eigenvalue weighted by Gasteiger charge is 2.17. The SMILES string of the molecule is O=C(c1cc(Cl)ccc1F)c1cccc2ccsc12. The first-order valence-corrected chi connectivity index (χ1v) is 6.88. The number of hydrogen-bond acceptors (Lipinski definition) is 2. The summed E-state index contributed by atoms with van der Waals surface area (Å²) in [5.41, 5.74) is 0.516. The van der Waals surface area contributed by atoms with Crippen LogP contribution >= 0.6 is 22.9 Å². The van der Waals surface area contributed by atoms with Crippen LogP contribution in [0.5, 0.6) is 0 Å². The molecule has 0 saturated carbocycles. The molecule has 3 aromatic rings. The largest absolute Gasteiger partial charge is 0.288 e. The van der Waals surface area contributed by atoms with Crippen molar-refractivity contribution < 1.29 is 9.18 Å². The number of carbonyl (C=O) groups excluding carboxylic acids is 1. The van der Waals surface area contributed by atoms with E-state index in [-0.39, 0.29) is 11.3 Å². The van der Waals surface area contributed by atoms with E-state index in [4.69, 9.17) is 11.6 Å². The van der Waals surface area contributed by atoms with Crippen molar-refractivity contribution in [1.82, 2.24) is 0 Å². The molecule has 0 saturated heterocycles. The monoisotopic (exact) mass is 290 g/mol. The molecule has 0 unspecified atom stereocenters. The second-order valence-electron chi connectivity index (χ2n) is 4.10. The van der Waals surface area contributed by atoms with E-state index in [1.165, 1.54) is 29.5 Å². The standard InChI is InChI=1S/C15H8ClFOS/c16-10-4-5-13(17)12(8-10)14(18)11-3-1-2-9-6-7-19-15(9)11/h1-8H. The van der Waals surface area contributed by atoms with E-state index >= 15 is 0 Å². The van der Waals surface area contributed by atoms with Crippen LogP contribution in [0, 0.1) is 5.82 Å². The molecule has 3 rings (SSSR count). The zero-order valence-corrected chi connectivity index (χ0v) is 11.3. The van der Waals surface area contributed by atoms with Crippen LogP contribution in [-0.4, -0.2) is 5.78 Å². The summed E-state index contributed by atoms with van der Waals surface area (Å²) in [5, 5.41) is 3.25. The lowest BCUT2D eigenvalue weighted by Crippen LogP contribution is -2.04. The number of fused-ring (bicyclic) bond motifs is 1. The van der Waals surface area contributed by atoms with E-state index in [1.807, 2.05) is 17.5 Å². The molecule has 2 aromatic carbocycles.